The van der Waals surface area contributed by atoms with Gasteiger partial charge in [0, 0.05) is 12.0 Å². The van der Waals surface area contributed by atoms with E-state index in [0.29, 0.717) is 5.41 Å². The van der Waals surface area contributed by atoms with Crippen molar-refractivity contribution in [1.82, 2.24) is 4.90 Å². The molecule has 2 nitrogen and oxygen atoms in total. The van der Waals surface area contributed by atoms with Gasteiger partial charge in [0.2, 0.25) is 0 Å². The fourth-order valence-corrected chi connectivity index (χ4v) is 1.79. The summed E-state index contributed by atoms with van der Waals surface area (Å²) in [5, 5.41) is 0. The molecule has 2 aliphatic heterocycles. The van der Waals surface area contributed by atoms with Crippen LogP contribution in [0.1, 0.15) is 26.7 Å². The van der Waals surface area contributed by atoms with Gasteiger partial charge in [0.25, 0.3) is 0 Å². The highest BCUT2D eigenvalue weighted by atomic mass is 16.5. The van der Waals surface area contributed by atoms with E-state index in [0.717, 1.165) is 13.2 Å². The first kappa shape index (κ1) is 10.0. The zero-order valence-electron chi connectivity index (χ0n) is 8.60. The molecule has 0 aromatic rings. The van der Waals surface area contributed by atoms with Gasteiger partial charge < -0.3 is 9.64 Å². The molecule has 12 heavy (non-hydrogen) atoms. The average Bonchev–Trinajstić information content (AvgIpc) is 2.32. The minimum absolute atomic E-state index is 0.592. The van der Waals surface area contributed by atoms with E-state index in [1.165, 1.54) is 25.9 Å². The fourth-order valence-electron chi connectivity index (χ4n) is 1.79. The Kier molecular flexibility index (Phi) is 3.53. The highest BCUT2D eigenvalue weighted by Gasteiger charge is 2.42. The van der Waals surface area contributed by atoms with Gasteiger partial charge in [0.1, 0.15) is 0 Å². The standard InChI is InChI=1S/C7H13NO.C3H8/c1-8-3-2-7(4-8)5-9-6-7;1-3-2/h2-6H2,1H3;3H2,1-2H3. The van der Waals surface area contributed by atoms with E-state index < -0.39 is 0 Å². The van der Waals surface area contributed by atoms with Gasteiger partial charge in [0.15, 0.2) is 0 Å². The number of hydrogen-bond acceptors (Lipinski definition) is 2. The summed E-state index contributed by atoms with van der Waals surface area (Å²) in [6, 6.07) is 0. The van der Waals surface area contributed by atoms with Gasteiger partial charge in [-0.2, -0.15) is 0 Å². The smallest absolute Gasteiger partial charge is 0.0557 e. The molecule has 2 fully saturated rings. The molecule has 0 saturated carbocycles. The SMILES string of the molecule is CCC.CN1CCC2(COC2)C1. The minimum Gasteiger partial charge on any atom is -0.380 e. The molecule has 0 atom stereocenters. The quantitative estimate of drug-likeness (QED) is 0.550. The predicted octanol–water partition coefficient (Wildman–Crippen LogP) is 1.75. The number of likely N-dealkylation sites (tertiary alicyclic amines) is 1. The van der Waals surface area contributed by atoms with Crippen LogP contribution < -0.4 is 0 Å². The second-order valence-electron chi connectivity index (χ2n) is 4.19. The highest BCUT2D eigenvalue weighted by molar-refractivity contribution is 4.93. The maximum atomic E-state index is 5.18. The van der Waals surface area contributed by atoms with Crippen molar-refractivity contribution in [3.8, 4) is 0 Å². The lowest BCUT2D eigenvalue weighted by Gasteiger charge is -2.37. The lowest BCUT2D eigenvalue weighted by atomic mass is 9.85. The molecule has 2 heteroatoms. The van der Waals surface area contributed by atoms with Crippen LogP contribution in [0.25, 0.3) is 0 Å². The molecule has 0 radical (unpaired) electrons. The van der Waals surface area contributed by atoms with Crippen LogP contribution in [-0.2, 0) is 4.74 Å². The van der Waals surface area contributed by atoms with Crippen molar-refractivity contribution in [3.63, 3.8) is 0 Å². The van der Waals surface area contributed by atoms with E-state index >= 15 is 0 Å². The van der Waals surface area contributed by atoms with Crippen LogP contribution in [0.2, 0.25) is 0 Å². The molecule has 0 bridgehead atoms. The third kappa shape index (κ3) is 2.20. The average molecular weight is 171 g/mol. The van der Waals surface area contributed by atoms with Crippen molar-refractivity contribution in [1.29, 1.82) is 0 Å². The summed E-state index contributed by atoms with van der Waals surface area (Å²) < 4.78 is 5.18. The van der Waals surface area contributed by atoms with Crippen LogP contribution in [0.4, 0.5) is 0 Å². The normalized spacial score (nSPS) is 26.2. The van der Waals surface area contributed by atoms with Crippen molar-refractivity contribution in [3.05, 3.63) is 0 Å². The molecule has 2 saturated heterocycles. The van der Waals surface area contributed by atoms with E-state index in [2.05, 4.69) is 25.8 Å². The second-order valence-corrected chi connectivity index (χ2v) is 4.19. The zero-order valence-corrected chi connectivity index (χ0v) is 8.60. The summed E-state index contributed by atoms with van der Waals surface area (Å²) in [4.78, 5) is 2.39. The molecule has 2 aliphatic rings. The molecule has 2 rings (SSSR count). The van der Waals surface area contributed by atoms with Gasteiger partial charge in [-0.15, -0.1) is 0 Å². The minimum atomic E-state index is 0.592. The van der Waals surface area contributed by atoms with Gasteiger partial charge in [-0.25, -0.2) is 0 Å². The third-order valence-corrected chi connectivity index (χ3v) is 2.45. The Morgan fingerprint density at radius 3 is 2.08 bits per heavy atom. The molecule has 0 aromatic heterocycles. The summed E-state index contributed by atoms with van der Waals surface area (Å²) in [5.41, 5.74) is 0.592. The summed E-state index contributed by atoms with van der Waals surface area (Å²) in [5.74, 6) is 0. The third-order valence-electron chi connectivity index (χ3n) is 2.45. The number of rotatable bonds is 0. The van der Waals surface area contributed by atoms with Crippen molar-refractivity contribution in [2.24, 2.45) is 5.41 Å². The van der Waals surface area contributed by atoms with Crippen LogP contribution >= 0.6 is 0 Å². The summed E-state index contributed by atoms with van der Waals surface area (Å²) >= 11 is 0. The lowest BCUT2D eigenvalue weighted by Crippen LogP contribution is -2.44. The number of ether oxygens (including phenoxy) is 1. The molecule has 0 aromatic carbocycles. The first-order valence-corrected chi connectivity index (χ1v) is 4.99. The second kappa shape index (κ2) is 4.24. The Labute approximate surface area is 75.9 Å². The lowest BCUT2D eigenvalue weighted by molar-refractivity contribution is -0.104. The molecule has 1 spiro atoms. The van der Waals surface area contributed by atoms with Crippen LogP contribution in [0, 0.1) is 5.41 Å². The summed E-state index contributed by atoms with van der Waals surface area (Å²) in [7, 11) is 2.19. The Morgan fingerprint density at radius 2 is 1.92 bits per heavy atom. The Balaban J connectivity index is 0.000000213. The molecule has 0 aliphatic carbocycles. The Bertz CT molecular complexity index is 132. The van der Waals surface area contributed by atoms with E-state index in [9.17, 15) is 0 Å². The number of nitrogens with zero attached hydrogens (tertiary/aromatic N) is 1. The summed E-state index contributed by atoms with van der Waals surface area (Å²) in [6.45, 7) is 8.80. The van der Waals surface area contributed by atoms with Crippen LogP contribution in [0.15, 0.2) is 0 Å². The molecular weight excluding hydrogens is 150 g/mol. The largest absolute Gasteiger partial charge is 0.380 e. The first-order valence-electron chi connectivity index (χ1n) is 4.99. The topological polar surface area (TPSA) is 12.5 Å². The molecule has 72 valence electrons. The van der Waals surface area contributed by atoms with Crippen LogP contribution in [0.5, 0.6) is 0 Å². The fraction of sp³-hybridized carbons (Fsp3) is 1.00. The van der Waals surface area contributed by atoms with E-state index in [4.69, 9.17) is 4.74 Å². The maximum Gasteiger partial charge on any atom is 0.0557 e. The van der Waals surface area contributed by atoms with Gasteiger partial charge in [-0.05, 0) is 20.0 Å². The van der Waals surface area contributed by atoms with Crippen molar-refractivity contribution < 1.29 is 4.74 Å². The van der Waals surface area contributed by atoms with E-state index in [1.54, 1.807) is 0 Å². The monoisotopic (exact) mass is 171 g/mol. The zero-order chi connectivity index (χ0) is 9.03. The number of hydrogen-bond donors (Lipinski definition) is 0. The molecule has 2 heterocycles. The predicted molar refractivity (Wildman–Crippen MR) is 51.3 cm³/mol. The molecule has 0 N–H and O–H groups in total. The maximum absolute atomic E-state index is 5.18. The Morgan fingerprint density at radius 1 is 1.33 bits per heavy atom. The van der Waals surface area contributed by atoms with Gasteiger partial charge in [-0.1, -0.05) is 20.3 Å². The van der Waals surface area contributed by atoms with Crippen molar-refractivity contribution in [2.75, 3.05) is 33.4 Å². The van der Waals surface area contributed by atoms with Gasteiger partial charge in [-0.3, -0.25) is 0 Å². The van der Waals surface area contributed by atoms with Crippen molar-refractivity contribution in [2.45, 2.75) is 26.7 Å². The Hall–Kier alpha value is -0.0800. The van der Waals surface area contributed by atoms with E-state index in [1.807, 2.05) is 0 Å². The molecule has 0 unspecified atom stereocenters. The summed E-state index contributed by atoms with van der Waals surface area (Å²) in [6.07, 6.45) is 2.60. The van der Waals surface area contributed by atoms with E-state index in [-0.39, 0.29) is 0 Å². The molecule has 0 amide bonds. The van der Waals surface area contributed by atoms with Crippen LogP contribution in [0.3, 0.4) is 0 Å². The first-order chi connectivity index (χ1) is 5.72. The van der Waals surface area contributed by atoms with Crippen molar-refractivity contribution >= 4 is 0 Å². The van der Waals surface area contributed by atoms with Gasteiger partial charge >= 0.3 is 0 Å². The highest BCUT2D eigenvalue weighted by Crippen LogP contribution is 2.36. The van der Waals surface area contributed by atoms with Crippen LogP contribution in [-0.4, -0.2) is 38.3 Å². The van der Waals surface area contributed by atoms with Gasteiger partial charge in [0.05, 0.1) is 13.2 Å². The molecular formula is C10H21NO.